The highest BCUT2D eigenvalue weighted by molar-refractivity contribution is 5.75. The minimum Gasteiger partial charge on any atom is -0.445 e. The van der Waals surface area contributed by atoms with Gasteiger partial charge in [0.05, 0.1) is 17.2 Å². The van der Waals surface area contributed by atoms with Gasteiger partial charge in [-0.1, -0.05) is 24.8 Å². The van der Waals surface area contributed by atoms with Crippen LogP contribution in [0.5, 0.6) is 0 Å². The van der Waals surface area contributed by atoms with Crippen molar-refractivity contribution in [3.8, 4) is 0 Å². The number of hydrogen-bond acceptors (Lipinski definition) is 5. The van der Waals surface area contributed by atoms with Crippen molar-refractivity contribution >= 4 is 22.9 Å². The van der Waals surface area contributed by atoms with Crippen LogP contribution in [0.4, 0.5) is 10.6 Å². The lowest BCUT2D eigenvalue weighted by atomic mass is 10.3. The number of carbonyl (C=O) groups excluding carboxylic acids is 1. The molecule has 1 fully saturated rings. The first kappa shape index (κ1) is 14.3. The van der Waals surface area contributed by atoms with Gasteiger partial charge < -0.3 is 14.5 Å². The number of fused-ring (bicyclic) bond motifs is 1. The highest BCUT2D eigenvalue weighted by atomic mass is 16.6. The molecule has 0 unspecified atom stereocenters. The minimum atomic E-state index is -0.288. The predicted octanol–water partition coefficient (Wildman–Crippen LogP) is 2.07. The summed E-state index contributed by atoms with van der Waals surface area (Å²) in [5, 5.41) is 0. The van der Waals surface area contributed by atoms with E-state index in [0.29, 0.717) is 13.1 Å². The Kier molecular flexibility index (Phi) is 4.18. The molecule has 1 aliphatic heterocycles. The maximum Gasteiger partial charge on any atom is 0.410 e. The maximum absolute atomic E-state index is 11.8. The van der Waals surface area contributed by atoms with Gasteiger partial charge in [0.1, 0.15) is 12.4 Å². The standard InChI is InChI=1S/C16H18N4O2/c1-2-11-22-16(21)20-9-7-19(8-10-20)15-12-17-13-5-3-4-6-14(13)18-15/h2-6,12H,1,7-11H2. The van der Waals surface area contributed by atoms with Crippen molar-refractivity contribution in [1.29, 1.82) is 0 Å². The van der Waals surface area contributed by atoms with Crippen LogP contribution >= 0.6 is 0 Å². The summed E-state index contributed by atoms with van der Waals surface area (Å²) in [4.78, 5) is 24.7. The summed E-state index contributed by atoms with van der Waals surface area (Å²) in [6, 6.07) is 7.80. The molecule has 0 saturated carbocycles. The normalized spacial score (nSPS) is 14.9. The number of amides is 1. The number of rotatable bonds is 3. The van der Waals surface area contributed by atoms with E-state index in [-0.39, 0.29) is 12.7 Å². The Morgan fingerprint density at radius 1 is 1.23 bits per heavy atom. The minimum absolute atomic E-state index is 0.245. The molecule has 0 spiro atoms. The lowest BCUT2D eigenvalue weighted by molar-refractivity contribution is 0.110. The van der Waals surface area contributed by atoms with Crippen molar-refractivity contribution in [2.45, 2.75) is 0 Å². The van der Waals surface area contributed by atoms with Crippen LogP contribution in [0.3, 0.4) is 0 Å². The second kappa shape index (κ2) is 6.43. The zero-order valence-electron chi connectivity index (χ0n) is 12.3. The van der Waals surface area contributed by atoms with Gasteiger partial charge in [0.15, 0.2) is 0 Å². The molecule has 0 radical (unpaired) electrons. The van der Waals surface area contributed by atoms with Gasteiger partial charge in [-0.15, -0.1) is 0 Å². The van der Waals surface area contributed by atoms with E-state index in [9.17, 15) is 4.79 Å². The molecule has 6 heteroatoms. The molecule has 1 aliphatic rings. The molecule has 1 saturated heterocycles. The van der Waals surface area contributed by atoms with Crippen LogP contribution in [-0.4, -0.2) is 53.7 Å². The zero-order chi connectivity index (χ0) is 15.4. The number of anilines is 1. The van der Waals surface area contributed by atoms with Gasteiger partial charge in [0, 0.05) is 26.2 Å². The van der Waals surface area contributed by atoms with Gasteiger partial charge in [-0.25, -0.2) is 9.78 Å². The Hall–Kier alpha value is -2.63. The van der Waals surface area contributed by atoms with Crippen LogP contribution in [-0.2, 0) is 4.74 Å². The maximum atomic E-state index is 11.8. The summed E-state index contributed by atoms with van der Waals surface area (Å²) in [6.45, 7) is 6.45. The smallest absolute Gasteiger partial charge is 0.410 e. The van der Waals surface area contributed by atoms with E-state index < -0.39 is 0 Å². The summed E-state index contributed by atoms with van der Waals surface area (Å²) < 4.78 is 5.05. The van der Waals surface area contributed by atoms with Crippen molar-refractivity contribution in [1.82, 2.24) is 14.9 Å². The molecule has 22 heavy (non-hydrogen) atoms. The lowest BCUT2D eigenvalue weighted by Crippen LogP contribution is -2.49. The van der Waals surface area contributed by atoms with Crippen molar-refractivity contribution in [2.75, 3.05) is 37.7 Å². The van der Waals surface area contributed by atoms with Gasteiger partial charge in [0.25, 0.3) is 0 Å². The summed E-state index contributed by atoms with van der Waals surface area (Å²) in [5.74, 6) is 0.845. The van der Waals surface area contributed by atoms with Gasteiger partial charge in [-0.3, -0.25) is 4.98 Å². The van der Waals surface area contributed by atoms with E-state index in [2.05, 4.69) is 21.4 Å². The number of carbonyl (C=O) groups is 1. The van der Waals surface area contributed by atoms with Gasteiger partial charge >= 0.3 is 6.09 Å². The summed E-state index contributed by atoms with van der Waals surface area (Å²) in [5.41, 5.74) is 1.77. The van der Waals surface area contributed by atoms with Crippen molar-refractivity contribution in [3.05, 3.63) is 43.1 Å². The molecule has 1 aromatic carbocycles. The first-order valence-electron chi connectivity index (χ1n) is 7.27. The third-order valence-electron chi connectivity index (χ3n) is 3.62. The van der Waals surface area contributed by atoms with E-state index in [1.165, 1.54) is 0 Å². The third kappa shape index (κ3) is 3.00. The molecule has 2 aromatic rings. The Morgan fingerprint density at radius 3 is 2.68 bits per heavy atom. The molecule has 1 aromatic heterocycles. The molecule has 3 rings (SSSR count). The highest BCUT2D eigenvalue weighted by Gasteiger charge is 2.22. The Bertz CT molecular complexity index is 681. The van der Waals surface area contributed by atoms with Gasteiger partial charge in [-0.2, -0.15) is 0 Å². The highest BCUT2D eigenvalue weighted by Crippen LogP contribution is 2.17. The van der Waals surface area contributed by atoms with Crippen molar-refractivity contribution < 1.29 is 9.53 Å². The molecule has 6 nitrogen and oxygen atoms in total. The van der Waals surface area contributed by atoms with Gasteiger partial charge in [-0.05, 0) is 12.1 Å². The second-order valence-electron chi connectivity index (χ2n) is 5.06. The number of para-hydroxylation sites is 2. The fourth-order valence-electron chi connectivity index (χ4n) is 2.44. The van der Waals surface area contributed by atoms with Crippen LogP contribution < -0.4 is 4.90 Å². The Balaban J connectivity index is 1.65. The van der Waals surface area contributed by atoms with E-state index >= 15 is 0 Å². The topological polar surface area (TPSA) is 58.6 Å². The lowest BCUT2D eigenvalue weighted by Gasteiger charge is -2.34. The van der Waals surface area contributed by atoms with E-state index in [1.807, 2.05) is 24.3 Å². The summed E-state index contributed by atoms with van der Waals surface area (Å²) in [6.07, 6.45) is 3.07. The third-order valence-corrected chi connectivity index (χ3v) is 3.62. The quantitative estimate of drug-likeness (QED) is 0.812. The number of aromatic nitrogens is 2. The summed E-state index contributed by atoms with van der Waals surface area (Å²) in [7, 11) is 0. The summed E-state index contributed by atoms with van der Waals surface area (Å²) >= 11 is 0. The fraction of sp³-hybridized carbons (Fsp3) is 0.312. The van der Waals surface area contributed by atoms with E-state index in [1.54, 1.807) is 17.2 Å². The van der Waals surface area contributed by atoms with E-state index in [0.717, 1.165) is 29.9 Å². The molecule has 114 valence electrons. The number of nitrogens with zero attached hydrogens (tertiary/aromatic N) is 4. The van der Waals surface area contributed by atoms with Gasteiger partial charge in [0.2, 0.25) is 0 Å². The van der Waals surface area contributed by atoms with Crippen LogP contribution in [0.15, 0.2) is 43.1 Å². The van der Waals surface area contributed by atoms with Crippen LogP contribution in [0, 0.1) is 0 Å². The van der Waals surface area contributed by atoms with Crippen molar-refractivity contribution in [2.24, 2.45) is 0 Å². The molecule has 1 amide bonds. The van der Waals surface area contributed by atoms with E-state index in [4.69, 9.17) is 4.74 Å². The van der Waals surface area contributed by atoms with Crippen LogP contribution in [0.25, 0.3) is 11.0 Å². The fourth-order valence-corrected chi connectivity index (χ4v) is 2.44. The molecular weight excluding hydrogens is 280 g/mol. The van der Waals surface area contributed by atoms with Crippen molar-refractivity contribution in [3.63, 3.8) is 0 Å². The SMILES string of the molecule is C=CCOC(=O)N1CCN(c2cnc3ccccc3n2)CC1. The first-order chi connectivity index (χ1) is 10.8. The molecule has 0 bridgehead atoms. The Morgan fingerprint density at radius 2 is 1.95 bits per heavy atom. The molecule has 2 heterocycles. The molecule has 0 N–H and O–H groups in total. The predicted molar refractivity (Wildman–Crippen MR) is 84.9 cm³/mol. The largest absolute Gasteiger partial charge is 0.445 e. The average Bonchev–Trinajstić information content (AvgIpc) is 2.59. The number of piperazine rings is 1. The first-order valence-corrected chi connectivity index (χ1v) is 7.27. The average molecular weight is 298 g/mol. The molecule has 0 aliphatic carbocycles. The van der Waals surface area contributed by atoms with Crippen LogP contribution in [0.2, 0.25) is 0 Å². The second-order valence-corrected chi connectivity index (χ2v) is 5.06. The number of ether oxygens (including phenoxy) is 1. The zero-order valence-corrected chi connectivity index (χ0v) is 12.3. The molecule has 0 atom stereocenters. The number of benzene rings is 1. The number of hydrogen-bond donors (Lipinski definition) is 0. The monoisotopic (exact) mass is 298 g/mol. The van der Waals surface area contributed by atoms with Crippen LogP contribution in [0.1, 0.15) is 0 Å². The molecular formula is C16H18N4O2. The Labute approximate surface area is 129 Å².